The standard InChI is InChI=1S/C7H4Br3F/c8-4-1-2-6(11)5(3-4)7(9)10/h1-3,7H. The lowest BCUT2D eigenvalue weighted by atomic mass is 10.2. The van der Waals surface area contributed by atoms with Gasteiger partial charge in [-0.2, -0.15) is 0 Å². The fourth-order valence-corrected chi connectivity index (χ4v) is 1.76. The highest BCUT2D eigenvalue weighted by Gasteiger charge is 2.08. The van der Waals surface area contributed by atoms with Gasteiger partial charge in [-0.25, -0.2) is 4.39 Å². The summed E-state index contributed by atoms with van der Waals surface area (Å²) >= 11 is 9.70. The molecule has 0 heterocycles. The quantitative estimate of drug-likeness (QED) is 0.662. The molecule has 0 aliphatic rings. The Kier molecular flexibility index (Phi) is 3.52. The van der Waals surface area contributed by atoms with Crippen LogP contribution in [-0.4, -0.2) is 0 Å². The average Bonchev–Trinajstić information content (AvgIpc) is 1.94. The molecule has 0 N–H and O–H groups in total. The van der Waals surface area contributed by atoms with Gasteiger partial charge in [-0.05, 0) is 18.2 Å². The second kappa shape index (κ2) is 4.01. The third-order valence-corrected chi connectivity index (χ3v) is 2.67. The lowest BCUT2D eigenvalue weighted by Crippen LogP contribution is -1.86. The topological polar surface area (TPSA) is 0 Å². The van der Waals surface area contributed by atoms with E-state index in [-0.39, 0.29) is 9.55 Å². The van der Waals surface area contributed by atoms with Crippen molar-refractivity contribution in [2.75, 3.05) is 0 Å². The van der Waals surface area contributed by atoms with Crippen molar-refractivity contribution in [3.05, 3.63) is 34.1 Å². The number of halogens is 4. The monoisotopic (exact) mass is 344 g/mol. The Bertz CT molecular complexity index is 260. The first-order chi connectivity index (χ1) is 5.11. The smallest absolute Gasteiger partial charge is 0.128 e. The molecule has 0 fully saturated rings. The van der Waals surface area contributed by atoms with Crippen LogP contribution in [0.1, 0.15) is 9.30 Å². The van der Waals surface area contributed by atoms with E-state index in [9.17, 15) is 4.39 Å². The second-order valence-corrected chi connectivity index (χ2v) is 5.94. The van der Waals surface area contributed by atoms with Crippen molar-refractivity contribution in [3.8, 4) is 0 Å². The normalized spacial score (nSPS) is 10.6. The highest BCUT2D eigenvalue weighted by atomic mass is 79.9. The molecule has 0 amide bonds. The van der Waals surface area contributed by atoms with Crippen LogP contribution in [-0.2, 0) is 0 Å². The number of hydrogen-bond acceptors (Lipinski definition) is 0. The van der Waals surface area contributed by atoms with E-state index in [4.69, 9.17) is 0 Å². The molecule has 1 aromatic rings. The van der Waals surface area contributed by atoms with Crippen molar-refractivity contribution in [2.45, 2.75) is 3.74 Å². The van der Waals surface area contributed by atoms with Gasteiger partial charge < -0.3 is 0 Å². The third kappa shape index (κ3) is 2.53. The molecule has 0 saturated heterocycles. The minimum absolute atomic E-state index is 0.132. The van der Waals surface area contributed by atoms with Gasteiger partial charge in [0.1, 0.15) is 5.82 Å². The van der Waals surface area contributed by atoms with Gasteiger partial charge in [-0.3, -0.25) is 0 Å². The Morgan fingerprint density at radius 3 is 2.36 bits per heavy atom. The van der Waals surface area contributed by atoms with E-state index in [0.29, 0.717) is 5.56 Å². The maximum Gasteiger partial charge on any atom is 0.128 e. The molecule has 0 atom stereocenters. The van der Waals surface area contributed by atoms with Crippen LogP contribution in [0.3, 0.4) is 0 Å². The van der Waals surface area contributed by atoms with E-state index < -0.39 is 0 Å². The number of benzene rings is 1. The SMILES string of the molecule is Fc1ccc(Br)cc1C(Br)Br. The van der Waals surface area contributed by atoms with E-state index in [1.165, 1.54) is 6.07 Å². The molecule has 4 heteroatoms. The first kappa shape index (κ1) is 9.68. The molecule has 0 spiro atoms. The zero-order valence-corrected chi connectivity index (χ0v) is 10.1. The van der Waals surface area contributed by atoms with Crippen molar-refractivity contribution in [3.63, 3.8) is 0 Å². The summed E-state index contributed by atoms with van der Waals surface area (Å²) in [5.74, 6) is -0.216. The number of alkyl halides is 2. The first-order valence-electron chi connectivity index (χ1n) is 2.84. The molecule has 1 aromatic carbocycles. The van der Waals surface area contributed by atoms with E-state index in [1.807, 2.05) is 0 Å². The molecular weight excluding hydrogens is 343 g/mol. The molecule has 0 radical (unpaired) electrons. The Morgan fingerprint density at radius 2 is 1.91 bits per heavy atom. The van der Waals surface area contributed by atoms with Crippen LogP contribution in [0.5, 0.6) is 0 Å². The molecule has 0 unspecified atom stereocenters. The van der Waals surface area contributed by atoms with Crippen LogP contribution >= 0.6 is 47.8 Å². The van der Waals surface area contributed by atoms with Crippen LogP contribution in [0.15, 0.2) is 22.7 Å². The van der Waals surface area contributed by atoms with Crippen LogP contribution in [0.25, 0.3) is 0 Å². The van der Waals surface area contributed by atoms with Gasteiger partial charge in [0.05, 0.1) is 3.74 Å². The largest absolute Gasteiger partial charge is 0.207 e. The molecule has 0 bridgehead atoms. The minimum Gasteiger partial charge on any atom is -0.207 e. The summed E-state index contributed by atoms with van der Waals surface area (Å²) in [6, 6.07) is 4.82. The zero-order chi connectivity index (χ0) is 8.43. The summed E-state index contributed by atoms with van der Waals surface area (Å²) in [7, 11) is 0. The average molecular weight is 347 g/mol. The highest BCUT2D eigenvalue weighted by molar-refractivity contribution is 9.24. The summed E-state index contributed by atoms with van der Waals surface area (Å²) in [5, 5.41) is 0. The Balaban J connectivity index is 3.13. The van der Waals surface area contributed by atoms with E-state index in [1.54, 1.807) is 12.1 Å². The van der Waals surface area contributed by atoms with Crippen molar-refractivity contribution in [1.82, 2.24) is 0 Å². The van der Waals surface area contributed by atoms with Gasteiger partial charge in [-0.15, -0.1) is 0 Å². The molecule has 0 aliphatic carbocycles. The lowest BCUT2D eigenvalue weighted by Gasteiger charge is -2.03. The summed E-state index contributed by atoms with van der Waals surface area (Å²) in [6.07, 6.45) is 0. The Morgan fingerprint density at radius 1 is 1.27 bits per heavy atom. The van der Waals surface area contributed by atoms with Crippen molar-refractivity contribution >= 4 is 47.8 Å². The van der Waals surface area contributed by atoms with Gasteiger partial charge in [0.15, 0.2) is 0 Å². The van der Waals surface area contributed by atoms with Crippen LogP contribution in [0.4, 0.5) is 4.39 Å². The van der Waals surface area contributed by atoms with E-state index in [0.717, 1.165) is 4.47 Å². The van der Waals surface area contributed by atoms with Gasteiger partial charge in [0.25, 0.3) is 0 Å². The number of rotatable bonds is 1. The van der Waals surface area contributed by atoms with Crippen molar-refractivity contribution < 1.29 is 4.39 Å². The van der Waals surface area contributed by atoms with Crippen LogP contribution in [0.2, 0.25) is 0 Å². The summed E-state index contributed by atoms with van der Waals surface area (Å²) < 4.78 is 13.7. The fraction of sp³-hybridized carbons (Fsp3) is 0.143. The predicted octanol–water partition coefficient (Wildman–Crippen LogP) is 4.38. The highest BCUT2D eigenvalue weighted by Crippen LogP contribution is 2.32. The van der Waals surface area contributed by atoms with Gasteiger partial charge in [0.2, 0.25) is 0 Å². The molecule has 0 aromatic heterocycles. The molecule has 0 aliphatic heterocycles. The maximum atomic E-state index is 12.9. The maximum absolute atomic E-state index is 12.9. The third-order valence-electron chi connectivity index (χ3n) is 1.19. The molecule has 0 saturated carbocycles. The Labute approximate surface area is 89.6 Å². The second-order valence-electron chi connectivity index (χ2n) is 1.97. The van der Waals surface area contributed by atoms with E-state index >= 15 is 0 Å². The fourth-order valence-electron chi connectivity index (χ4n) is 0.682. The molecule has 1 rings (SSSR count). The summed E-state index contributed by atoms with van der Waals surface area (Å²) in [4.78, 5) is 0. The molecule has 60 valence electrons. The van der Waals surface area contributed by atoms with Crippen molar-refractivity contribution in [1.29, 1.82) is 0 Å². The molecule has 11 heavy (non-hydrogen) atoms. The first-order valence-corrected chi connectivity index (χ1v) is 5.47. The summed E-state index contributed by atoms with van der Waals surface area (Å²) in [6.45, 7) is 0. The van der Waals surface area contributed by atoms with Gasteiger partial charge in [-0.1, -0.05) is 47.8 Å². The Hall–Kier alpha value is 0.590. The van der Waals surface area contributed by atoms with Crippen molar-refractivity contribution in [2.24, 2.45) is 0 Å². The predicted molar refractivity (Wildman–Crippen MR) is 54.7 cm³/mol. The van der Waals surface area contributed by atoms with Crippen LogP contribution < -0.4 is 0 Å². The van der Waals surface area contributed by atoms with Gasteiger partial charge >= 0.3 is 0 Å². The zero-order valence-electron chi connectivity index (χ0n) is 5.32. The van der Waals surface area contributed by atoms with Crippen LogP contribution in [0, 0.1) is 5.82 Å². The lowest BCUT2D eigenvalue weighted by molar-refractivity contribution is 0.617. The summed E-state index contributed by atoms with van der Waals surface area (Å²) in [5.41, 5.74) is 0.597. The van der Waals surface area contributed by atoms with E-state index in [2.05, 4.69) is 47.8 Å². The molecule has 0 nitrogen and oxygen atoms in total. The molecular formula is C7H4Br3F. The minimum atomic E-state index is -0.216. The van der Waals surface area contributed by atoms with Gasteiger partial charge in [0, 0.05) is 10.0 Å². The number of hydrogen-bond donors (Lipinski definition) is 0.